The van der Waals surface area contributed by atoms with Crippen molar-refractivity contribution < 1.29 is 9.50 Å². The fourth-order valence-corrected chi connectivity index (χ4v) is 2.17. The second-order valence-electron chi connectivity index (χ2n) is 3.55. The predicted octanol–water partition coefficient (Wildman–Crippen LogP) is 4.34. The highest BCUT2D eigenvalue weighted by molar-refractivity contribution is 6.45. The largest absolute Gasteiger partial charge is 0.392 e. The van der Waals surface area contributed by atoms with Crippen molar-refractivity contribution in [3.05, 3.63) is 50.8 Å². The van der Waals surface area contributed by atoms with E-state index in [0.717, 1.165) is 0 Å². The first-order valence-corrected chi connectivity index (χ1v) is 6.07. The summed E-state index contributed by atoms with van der Waals surface area (Å²) in [7, 11) is 0. The van der Waals surface area contributed by atoms with Crippen molar-refractivity contribution >= 4 is 34.8 Å². The molecule has 0 unspecified atom stereocenters. The molecule has 2 nitrogen and oxygen atoms in total. The molecule has 0 saturated heterocycles. The van der Waals surface area contributed by atoms with Crippen molar-refractivity contribution in [2.24, 2.45) is 0 Å². The van der Waals surface area contributed by atoms with Gasteiger partial charge in [-0.1, -0.05) is 34.8 Å². The first-order chi connectivity index (χ1) is 8.52. The summed E-state index contributed by atoms with van der Waals surface area (Å²) in [5, 5.41) is 9.78. The Morgan fingerprint density at radius 2 is 1.89 bits per heavy atom. The van der Waals surface area contributed by atoms with Crippen LogP contribution in [-0.2, 0) is 6.61 Å². The smallest absolute Gasteiger partial charge is 0.218 e. The van der Waals surface area contributed by atoms with E-state index in [2.05, 4.69) is 4.98 Å². The van der Waals surface area contributed by atoms with Crippen LogP contribution in [0.4, 0.5) is 4.39 Å². The molecule has 0 aliphatic heterocycles. The minimum Gasteiger partial charge on any atom is -0.392 e. The van der Waals surface area contributed by atoms with E-state index in [9.17, 15) is 4.39 Å². The number of nitrogens with zero attached hydrogens (tertiary/aromatic N) is 1. The summed E-state index contributed by atoms with van der Waals surface area (Å²) < 4.78 is 13.5. The van der Waals surface area contributed by atoms with Crippen LogP contribution in [0.3, 0.4) is 0 Å². The second kappa shape index (κ2) is 5.41. The first-order valence-electron chi connectivity index (χ1n) is 4.94. The Labute approximate surface area is 118 Å². The zero-order valence-corrected chi connectivity index (χ0v) is 11.2. The van der Waals surface area contributed by atoms with Gasteiger partial charge in [-0.25, -0.2) is 4.98 Å². The van der Waals surface area contributed by atoms with Gasteiger partial charge in [0.15, 0.2) is 0 Å². The van der Waals surface area contributed by atoms with E-state index in [0.29, 0.717) is 16.3 Å². The van der Waals surface area contributed by atoms with Gasteiger partial charge in [0.1, 0.15) is 0 Å². The lowest BCUT2D eigenvalue weighted by atomic mass is 10.1. The van der Waals surface area contributed by atoms with Gasteiger partial charge in [-0.2, -0.15) is 4.39 Å². The van der Waals surface area contributed by atoms with E-state index < -0.39 is 12.6 Å². The molecule has 0 fully saturated rings. The lowest BCUT2D eigenvalue weighted by molar-refractivity contribution is 0.274. The molecular formula is C12H7Cl3FNO. The Hall–Kier alpha value is -0.870. The zero-order valence-electron chi connectivity index (χ0n) is 8.92. The standard InChI is InChI=1S/C12H7Cl3FNO/c13-7-3-8(11(15)9(14)4-7)10-2-1-6(5-18)12(16)17-10/h1-4,18H,5H2. The molecule has 1 aromatic heterocycles. The number of aliphatic hydroxyl groups excluding tert-OH is 1. The molecule has 94 valence electrons. The highest BCUT2D eigenvalue weighted by Gasteiger charge is 2.12. The molecule has 2 aromatic rings. The number of benzene rings is 1. The molecule has 6 heteroatoms. The van der Waals surface area contributed by atoms with Gasteiger partial charge in [-0.15, -0.1) is 0 Å². The number of pyridine rings is 1. The average molecular weight is 307 g/mol. The summed E-state index contributed by atoms with van der Waals surface area (Å²) in [5.41, 5.74) is 0.861. The minimum absolute atomic E-state index is 0.114. The van der Waals surface area contributed by atoms with Crippen molar-refractivity contribution in [3.63, 3.8) is 0 Å². The van der Waals surface area contributed by atoms with Gasteiger partial charge < -0.3 is 5.11 Å². The van der Waals surface area contributed by atoms with Crippen LogP contribution in [0.5, 0.6) is 0 Å². The third-order valence-corrected chi connectivity index (χ3v) is 3.39. The van der Waals surface area contributed by atoms with Crippen molar-refractivity contribution in [1.29, 1.82) is 0 Å². The van der Waals surface area contributed by atoms with E-state index in [1.165, 1.54) is 12.1 Å². The van der Waals surface area contributed by atoms with Gasteiger partial charge >= 0.3 is 0 Å². The Morgan fingerprint density at radius 3 is 2.50 bits per heavy atom. The summed E-state index contributed by atoms with van der Waals surface area (Å²) in [6, 6.07) is 6.02. The van der Waals surface area contributed by atoms with Crippen LogP contribution >= 0.6 is 34.8 Å². The summed E-state index contributed by atoms with van der Waals surface area (Å²) in [5.74, 6) is -0.748. The molecule has 0 atom stereocenters. The van der Waals surface area contributed by atoms with Gasteiger partial charge in [0.05, 0.1) is 22.3 Å². The molecule has 1 aromatic carbocycles. The van der Waals surface area contributed by atoms with Gasteiger partial charge in [0, 0.05) is 16.1 Å². The van der Waals surface area contributed by atoms with Crippen LogP contribution in [0, 0.1) is 5.95 Å². The third kappa shape index (κ3) is 2.59. The fraction of sp³-hybridized carbons (Fsp3) is 0.0833. The third-order valence-electron chi connectivity index (χ3n) is 2.37. The molecule has 18 heavy (non-hydrogen) atoms. The number of hydrogen-bond acceptors (Lipinski definition) is 2. The van der Waals surface area contributed by atoms with E-state index >= 15 is 0 Å². The number of rotatable bonds is 2. The van der Waals surface area contributed by atoms with Crippen molar-refractivity contribution in [2.45, 2.75) is 6.61 Å². The molecule has 0 radical (unpaired) electrons. The topological polar surface area (TPSA) is 33.1 Å². The van der Waals surface area contributed by atoms with Crippen LogP contribution in [0.25, 0.3) is 11.3 Å². The molecule has 0 aliphatic rings. The molecule has 2 rings (SSSR count). The fourth-order valence-electron chi connectivity index (χ4n) is 1.47. The number of halogens is 4. The highest BCUT2D eigenvalue weighted by Crippen LogP contribution is 2.35. The summed E-state index contributed by atoms with van der Waals surface area (Å²) >= 11 is 17.8. The van der Waals surface area contributed by atoms with Crippen LogP contribution < -0.4 is 0 Å². The van der Waals surface area contributed by atoms with Gasteiger partial charge in [0.2, 0.25) is 5.95 Å². The predicted molar refractivity (Wildman–Crippen MR) is 70.6 cm³/mol. The van der Waals surface area contributed by atoms with Gasteiger partial charge in [-0.3, -0.25) is 0 Å². The molecular weight excluding hydrogens is 299 g/mol. The lowest BCUT2D eigenvalue weighted by Gasteiger charge is -2.07. The maximum absolute atomic E-state index is 13.5. The molecule has 0 spiro atoms. The highest BCUT2D eigenvalue weighted by atomic mass is 35.5. The molecule has 0 saturated carbocycles. The van der Waals surface area contributed by atoms with Crippen molar-refractivity contribution in [2.75, 3.05) is 0 Å². The Bertz CT molecular complexity index is 604. The van der Waals surface area contributed by atoms with Gasteiger partial charge in [-0.05, 0) is 24.3 Å². The van der Waals surface area contributed by atoms with Crippen LogP contribution in [0.15, 0.2) is 24.3 Å². The number of aliphatic hydroxyl groups is 1. The minimum atomic E-state index is -0.748. The number of hydrogen-bond donors (Lipinski definition) is 1. The quantitative estimate of drug-likeness (QED) is 0.661. The van der Waals surface area contributed by atoms with E-state index in [1.807, 2.05) is 0 Å². The molecule has 0 bridgehead atoms. The average Bonchev–Trinajstić information content (AvgIpc) is 2.33. The maximum Gasteiger partial charge on any atom is 0.218 e. The molecule has 0 amide bonds. The summed E-state index contributed by atoms with van der Waals surface area (Å²) in [6.07, 6.45) is 0. The normalized spacial score (nSPS) is 10.7. The van der Waals surface area contributed by atoms with Crippen LogP contribution in [0.1, 0.15) is 5.56 Å². The van der Waals surface area contributed by atoms with E-state index in [1.54, 1.807) is 12.1 Å². The van der Waals surface area contributed by atoms with E-state index in [-0.39, 0.29) is 15.6 Å². The van der Waals surface area contributed by atoms with Crippen LogP contribution in [-0.4, -0.2) is 10.1 Å². The Morgan fingerprint density at radius 1 is 1.17 bits per heavy atom. The summed E-state index contributed by atoms with van der Waals surface area (Å²) in [6.45, 7) is -0.414. The Kier molecular flexibility index (Phi) is 4.07. The second-order valence-corrected chi connectivity index (χ2v) is 4.78. The monoisotopic (exact) mass is 305 g/mol. The van der Waals surface area contributed by atoms with E-state index in [4.69, 9.17) is 39.9 Å². The molecule has 0 aliphatic carbocycles. The van der Waals surface area contributed by atoms with Crippen molar-refractivity contribution in [1.82, 2.24) is 4.98 Å². The first kappa shape index (κ1) is 13.6. The van der Waals surface area contributed by atoms with Crippen molar-refractivity contribution in [3.8, 4) is 11.3 Å². The van der Waals surface area contributed by atoms with Gasteiger partial charge in [0.25, 0.3) is 0 Å². The Balaban J connectivity index is 2.58. The maximum atomic E-state index is 13.5. The lowest BCUT2D eigenvalue weighted by Crippen LogP contribution is -1.96. The number of aromatic nitrogens is 1. The molecule has 1 heterocycles. The van der Waals surface area contributed by atoms with Crippen LogP contribution in [0.2, 0.25) is 15.1 Å². The molecule has 1 N–H and O–H groups in total. The summed E-state index contributed by atoms with van der Waals surface area (Å²) in [4.78, 5) is 3.73. The SMILES string of the molecule is OCc1ccc(-c2cc(Cl)cc(Cl)c2Cl)nc1F. The zero-order chi connectivity index (χ0) is 13.3.